The molecule has 2 atom stereocenters. The van der Waals surface area contributed by atoms with Crippen molar-refractivity contribution in [2.75, 3.05) is 6.54 Å². The Kier molecular flexibility index (Phi) is 18.5. The zero-order valence-corrected chi connectivity index (χ0v) is 24.5. The fraction of sp³-hybridized carbons (Fsp3) is 0.560. The average molecular weight is 591 g/mol. The highest BCUT2D eigenvalue weighted by molar-refractivity contribution is 7.59. The SMILES string of the molecule is CC(C)(C)Cc1ccc(CNC(=O)NCCCC[C@H](NC(=O)N[C@@H](CCC(=O)O)C(=O)O)C(=O)O)cc1.S.S. The molecule has 12 nitrogen and oxygen atoms in total. The monoisotopic (exact) mass is 590 g/mol. The molecule has 7 N–H and O–H groups in total. The molecule has 39 heavy (non-hydrogen) atoms. The largest absolute Gasteiger partial charge is 0.481 e. The van der Waals surface area contributed by atoms with Gasteiger partial charge in [0, 0.05) is 19.5 Å². The predicted octanol–water partition coefficient (Wildman–Crippen LogP) is 2.54. The molecular formula is C25H42N4O8S2. The topological polar surface area (TPSA) is 194 Å². The van der Waals surface area contributed by atoms with Gasteiger partial charge < -0.3 is 36.6 Å². The molecule has 0 aliphatic heterocycles. The molecule has 0 aliphatic carbocycles. The molecule has 0 bridgehead atoms. The number of hydrogen-bond donors (Lipinski definition) is 7. The van der Waals surface area contributed by atoms with Crippen molar-refractivity contribution < 1.29 is 39.3 Å². The molecule has 222 valence electrons. The molecule has 0 radical (unpaired) electrons. The zero-order valence-electron chi connectivity index (χ0n) is 22.5. The first-order valence-corrected chi connectivity index (χ1v) is 12.1. The normalized spacial score (nSPS) is 12.0. The first-order valence-electron chi connectivity index (χ1n) is 12.1. The predicted molar refractivity (Wildman–Crippen MR) is 156 cm³/mol. The molecule has 0 saturated heterocycles. The third kappa shape index (κ3) is 17.9. The summed E-state index contributed by atoms with van der Waals surface area (Å²) in [6, 6.07) is 3.93. The molecule has 0 spiro atoms. The van der Waals surface area contributed by atoms with Crippen LogP contribution in [0.1, 0.15) is 64.0 Å². The standard InChI is InChI=1S/C25H38N4O8.2H2S/c1-25(2,3)14-16-7-9-17(10-8-16)15-27-23(36)26-13-5-4-6-18(21(32)33)28-24(37)29-19(22(34)35)11-12-20(30)31;;/h7-10,18-19H,4-6,11-15H2,1-3H3,(H,30,31)(H,32,33)(H,34,35)(H2,26,27,36)(H2,28,29,37);2*1H2/t18-,19-;;/m0../s1. The van der Waals surface area contributed by atoms with Gasteiger partial charge in [-0.2, -0.15) is 27.0 Å². The summed E-state index contributed by atoms with van der Waals surface area (Å²) in [7, 11) is 0. The van der Waals surface area contributed by atoms with Gasteiger partial charge in [0.05, 0.1) is 0 Å². The number of carboxylic acids is 3. The highest BCUT2D eigenvalue weighted by Crippen LogP contribution is 2.20. The number of rotatable bonds is 15. The van der Waals surface area contributed by atoms with Crippen molar-refractivity contribution in [1.82, 2.24) is 21.3 Å². The number of amides is 4. The van der Waals surface area contributed by atoms with E-state index in [0.717, 1.165) is 12.0 Å². The van der Waals surface area contributed by atoms with Crippen LogP contribution >= 0.6 is 27.0 Å². The number of carboxylic acid groups (broad SMARTS) is 3. The average Bonchev–Trinajstić information content (AvgIpc) is 2.78. The number of benzene rings is 1. The van der Waals surface area contributed by atoms with Gasteiger partial charge in [0.2, 0.25) is 0 Å². The summed E-state index contributed by atoms with van der Waals surface area (Å²) in [4.78, 5) is 57.2. The number of urea groups is 2. The quantitative estimate of drug-likeness (QED) is 0.151. The molecule has 1 rings (SSSR count). The van der Waals surface area contributed by atoms with Crippen molar-refractivity contribution in [2.24, 2.45) is 5.41 Å². The molecule has 1 aromatic carbocycles. The summed E-state index contributed by atoms with van der Waals surface area (Å²) in [6.45, 7) is 7.18. The maximum atomic E-state index is 12.0. The molecule has 0 heterocycles. The summed E-state index contributed by atoms with van der Waals surface area (Å²) in [5.74, 6) is -3.94. The first-order chi connectivity index (χ1) is 17.3. The van der Waals surface area contributed by atoms with Gasteiger partial charge in [0.15, 0.2) is 0 Å². The van der Waals surface area contributed by atoms with Gasteiger partial charge in [-0.3, -0.25) is 4.79 Å². The van der Waals surface area contributed by atoms with Gasteiger partial charge in [-0.1, -0.05) is 45.0 Å². The van der Waals surface area contributed by atoms with E-state index in [-0.39, 0.29) is 51.3 Å². The van der Waals surface area contributed by atoms with E-state index in [2.05, 4.69) is 42.0 Å². The smallest absolute Gasteiger partial charge is 0.326 e. The van der Waals surface area contributed by atoms with Crippen molar-refractivity contribution in [3.8, 4) is 0 Å². The molecule has 4 amide bonds. The lowest BCUT2D eigenvalue weighted by molar-refractivity contribution is -0.140. The second-order valence-electron chi connectivity index (χ2n) is 9.99. The third-order valence-corrected chi connectivity index (χ3v) is 5.27. The fourth-order valence-corrected chi connectivity index (χ4v) is 3.45. The van der Waals surface area contributed by atoms with Crippen molar-refractivity contribution in [1.29, 1.82) is 0 Å². The lowest BCUT2D eigenvalue weighted by Gasteiger charge is -2.18. The number of nitrogens with one attached hydrogen (secondary N) is 4. The van der Waals surface area contributed by atoms with Crippen molar-refractivity contribution in [2.45, 2.75) is 77.9 Å². The summed E-state index contributed by atoms with van der Waals surface area (Å²) >= 11 is 0. The lowest BCUT2D eigenvalue weighted by atomic mass is 9.88. The van der Waals surface area contributed by atoms with Crippen molar-refractivity contribution >= 4 is 57.0 Å². The first kappa shape index (κ1) is 38.0. The van der Waals surface area contributed by atoms with Gasteiger partial charge in [-0.15, -0.1) is 0 Å². The van der Waals surface area contributed by atoms with Crippen LogP contribution < -0.4 is 21.3 Å². The van der Waals surface area contributed by atoms with Crippen LogP contribution in [0.4, 0.5) is 9.59 Å². The van der Waals surface area contributed by atoms with Crippen LogP contribution in [0.25, 0.3) is 0 Å². The van der Waals surface area contributed by atoms with E-state index in [9.17, 15) is 29.1 Å². The van der Waals surface area contributed by atoms with E-state index >= 15 is 0 Å². The van der Waals surface area contributed by atoms with E-state index in [1.807, 2.05) is 24.3 Å². The number of unbranched alkanes of at least 4 members (excludes halogenated alkanes) is 1. The third-order valence-electron chi connectivity index (χ3n) is 5.27. The Morgan fingerprint density at radius 1 is 0.744 bits per heavy atom. The van der Waals surface area contributed by atoms with Gasteiger partial charge in [0.1, 0.15) is 12.1 Å². The minimum atomic E-state index is -1.46. The van der Waals surface area contributed by atoms with Crippen molar-refractivity contribution in [3.63, 3.8) is 0 Å². The molecule has 0 unspecified atom stereocenters. The van der Waals surface area contributed by atoms with Gasteiger partial charge in [-0.05, 0) is 48.6 Å². The van der Waals surface area contributed by atoms with Gasteiger partial charge in [-0.25, -0.2) is 19.2 Å². The molecule has 0 fully saturated rings. The second-order valence-corrected chi connectivity index (χ2v) is 9.99. The maximum absolute atomic E-state index is 12.0. The van der Waals surface area contributed by atoms with Crippen LogP contribution in [0.3, 0.4) is 0 Å². The summed E-state index contributed by atoms with van der Waals surface area (Å²) in [6.07, 6.45) is 1.03. The molecule has 14 heteroatoms. The van der Waals surface area contributed by atoms with E-state index in [1.165, 1.54) is 5.56 Å². The number of carbonyl (C=O) groups is 5. The Morgan fingerprint density at radius 2 is 1.26 bits per heavy atom. The number of aliphatic carboxylic acids is 3. The highest BCUT2D eigenvalue weighted by Gasteiger charge is 2.24. The van der Waals surface area contributed by atoms with Crippen LogP contribution in [-0.2, 0) is 27.3 Å². The minimum absolute atomic E-state index is 0. The summed E-state index contributed by atoms with van der Waals surface area (Å²) in [5.41, 5.74) is 2.39. The Bertz CT molecular complexity index is 939. The summed E-state index contributed by atoms with van der Waals surface area (Å²) in [5, 5.41) is 36.8. The highest BCUT2D eigenvalue weighted by atomic mass is 32.1. The number of carbonyl (C=O) groups excluding carboxylic acids is 2. The van der Waals surface area contributed by atoms with Crippen LogP contribution in [0, 0.1) is 5.41 Å². The second kappa shape index (κ2) is 19.0. The van der Waals surface area contributed by atoms with Gasteiger partial charge >= 0.3 is 30.0 Å². The van der Waals surface area contributed by atoms with Gasteiger partial charge in [0.25, 0.3) is 0 Å². The molecular weight excluding hydrogens is 548 g/mol. The van der Waals surface area contributed by atoms with Crippen LogP contribution in [0.5, 0.6) is 0 Å². The van der Waals surface area contributed by atoms with Crippen molar-refractivity contribution in [3.05, 3.63) is 35.4 Å². The molecule has 0 aliphatic rings. The molecule has 0 saturated carbocycles. The van der Waals surface area contributed by atoms with E-state index < -0.39 is 42.4 Å². The molecule has 1 aromatic rings. The van der Waals surface area contributed by atoms with Crippen LogP contribution in [-0.4, -0.2) is 63.9 Å². The Morgan fingerprint density at radius 3 is 1.74 bits per heavy atom. The van der Waals surface area contributed by atoms with Crippen LogP contribution in [0.2, 0.25) is 0 Å². The Labute approximate surface area is 242 Å². The Balaban J connectivity index is 0. The minimum Gasteiger partial charge on any atom is -0.481 e. The van der Waals surface area contributed by atoms with Crippen LogP contribution in [0.15, 0.2) is 24.3 Å². The lowest BCUT2D eigenvalue weighted by Crippen LogP contribution is -2.51. The molecule has 0 aromatic heterocycles. The zero-order chi connectivity index (χ0) is 28.0. The Hall–Kier alpha value is -3.13. The summed E-state index contributed by atoms with van der Waals surface area (Å²) < 4.78 is 0. The number of hydrogen-bond acceptors (Lipinski definition) is 5. The fourth-order valence-electron chi connectivity index (χ4n) is 3.45. The van der Waals surface area contributed by atoms with E-state index in [0.29, 0.717) is 25.9 Å². The van der Waals surface area contributed by atoms with E-state index in [1.54, 1.807) is 0 Å². The van der Waals surface area contributed by atoms with E-state index in [4.69, 9.17) is 10.2 Å². The maximum Gasteiger partial charge on any atom is 0.326 e.